The predicted octanol–water partition coefficient (Wildman–Crippen LogP) is 6.39. The normalized spacial score (nSPS) is 12.0. The molecule has 0 aliphatic carbocycles. The van der Waals surface area contributed by atoms with Gasteiger partial charge in [-0.15, -0.1) is 0 Å². The van der Waals surface area contributed by atoms with Crippen LogP contribution >= 0.6 is 0 Å². The van der Waals surface area contributed by atoms with Crippen LogP contribution in [0.15, 0.2) is 42.1 Å². The van der Waals surface area contributed by atoms with Crippen molar-refractivity contribution in [3.63, 3.8) is 0 Å². The van der Waals surface area contributed by atoms with Gasteiger partial charge in [-0.1, -0.05) is 62.5 Å². The minimum atomic E-state index is 1.05. The van der Waals surface area contributed by atoms with E-state index in [1.807, 2.05) is 12.3 Å². The third-order valence-electron chi connectivity index (χ3n) is 4.19. The highest BCUT2D eigenvalue weighted by atomic mass is 14.6. The van der Waals surface area contributed by atoms with Crippen molar-refractivity contribution in [3.05, 3.63) is 53.2 Å². The van der Waals surface area contributed by atoms with Crippen molar-refractivity contribution in [2.75, 3.05) is 0 Å². The SMILES string of the molecule is CCCC/C=C(\CCCC)Cc1cc(C)cc2cccnc12. The van der Waals surface area contributed by atoms with Gasteiger partial charge in [0.15, 0.2) is 0 Å². The molecule has 118 valence electrons. The number of fused-ring (bicyclic) bond motifs is 1. The fraction of sp³-hybridized carbons (Fsp3) is 0.476. The molecule has 0 fully saturated rings. The molecule has 0 saturated heterocycles. The molecule has 2 rings (SSSR count). The van der Waals surface area contributed by atoms with Crippen molar-refractivity contribution >= 4 is 10.9 Å². The Kier molecular flexibility index (Phi) is 6.64. The highest BCUT2D eigenvalue weighted by Crippen LogP contribution is 2.23. The van der Waals surface area contributed by atoms with Gasteiger partial charge >= 0.3 is 0 Å². The summed E-state index contributed by atoms with van der Waals surface area (Å²) in [7, 11) is 0. The molecule has 1 nitrogen and oxygen atoms in total. The zero-order valence-electron chi connectivity index (χ0n) is 14.4. The lowest BCUT2D eigenvalue weighted by Gasteiger charge is -2.11. The summed E-state index contributed by atoms with van der Waals surface area (Å²) in [6.07, 6.45) is 13.0. The maximum Gasteiger partial charge on any atom is 0.0737 e. The van der Waals surface area contributed by atoms with E-state index in [1.165, 1.54) is 60.6 Å². The van der Waals surface area contributed by atoms with Crippen molar-refractivity contribution < 1.29 is 0 Å². The number of rotatable bonds is 8. The summed E-state index contributed by atoms with van der Waals surface area (Å²) in [5.74, 6) is 0. The molecule has 0 unspecified atom stereocenters. The van der Waals surface area contributed by atoms with Crippen LogP contribution in [0.4, 0.5) is 0 Å². The van der Waals surface area contributed by atoms with Crippen LogP contribution in [0.3, 0.4) is 0 Å². The third kappa shape index (κ3) is 4.69. The number of aryl methyl sites for hydroxylation is 1. The molecule has 0 amide bonds. The van der Waals surface area contributed by atoms with E-state index in [-0.39, 0.29) is 0 Å². The number of unbranched alkanes of at least 4 members (excludes halogenated alkanes) is 3. The van der Waals surface area contributed by atoms with Crippen LogP contribution in [-0.4, -0.2) is 4.98 Å². The molecule has 1 heteroatoms. The lowest BCUT2D eigenvalue weighted by Crippen LogP contribution is -1.96. The number of hydrogen-bond acceptors (Lipinski definition) is 1. The van der Waals surface area contributed by atoms with Gasteiger partial charge in [-0.25, -0.2) is 0 Å². The van der Waals surface area contributed by atoms with Crippen LogP contribution in [0.2, 0.25) is 0 Å². The molecule has 0 aliphatic rings. The van der Waals surface area contributed by atoms with E-state index >= 15 is 0 Å². The Bertz CT molecular complexity index is 625. The van der Waals surface area contributed by atoms with Crippen molar-refractivity contribution in [2.45, 2.75) is 65.7 Å². The van der Waals surface area contributed by atoms with Crippen LogP contribution in [0.1, 0.15) is 63.5 Å². The number of allylic oxidation sites excluding steroid dienone is 2. The number of benzene rings is 1. The molecule has 0 N–H and O–H groups in total. The van der Waals surface area contributed by atoms with Gasteiger partial charge in [-0.3, -0.25) is 4.98 Å². The summed E-state index contributed by atoms with van der Waals surface area (Å²) in [4.78, 5) is 4.62. The Morgan fingerprint density at radius 1 is 1.14 bits per heavy atom. The molecule has 0 atom stereocenters. The predicted molar refractivity (Wildman–Crippen MR) is 97.3 cm³/mol. The third-order valence-corrected chi connectivity index (χ3v) is 4.19. The number of nitrogens with zero attached hydrogens (tertiary/aromatic N) is 1. The fourth-order valence-electron chi connectivity index (χ4n) is 2.99. The zero-order chi connectivity index (χ0) is 15.8. The first-order chi connectivity index (χ1) is 10.7. The number of hydrogen-bond donors (Lipinski definition) is 0. The second kappa shape index (κ2) is 8.73. The van der Waals surface area contributed by atoms with Gasteiger partial charge in [0, 0.05) is 11.6 Å². The molecule has 1 heterocycles. The molecule has 0 saturated carbocycles. The molecule has 1 aromatic heterocycles. The Morgan fingerprint density at radius 3 is 2.73 bits per heavy atom. The average molecular weight is 295 g/mol. The smallest absolute Gasteiger partial charge is 0.0737 e. The minimum absolute atomic E-state index is 1.05. The minimum Gasteiger partial charge on any atom is -0.256 e. The summed E-state index contributed by atoms with van der Waals surface area (Å²) in [6, 6.07) is 8.75. The maximum atomic E-state index is 4.62. The average Bonchev–Trinajstić information content (AvgIpc) is 2.52. The van der Waals surface area contributed by atoms with Crippen molar-refractivity contribution in [1.82, 2.24) is 4.98 Å². The lowest BCUT2D eigenvalue weighted by atomic mass is 9.95. The van der Waals surface area contributed by atoms with Crippen molar-refractivity contribution in [2.24, 2.45) is 0 Å². The molecule has 0 aliphatic heterocycles. The second-order valence-corrected chi connectivity index (χ2v) is 6.28. The van der Waals surface area contributed by atoms with E-state index in [1.54, 1.807) is 5.57 Å². The molecule has 2 aromatic rings. The fourth-order valence-corrected chi connectivity index (χ4v) is 2.99. The van der Waals surface area contributed by atoms with Crippen LogP contribution in [0, 0.1) is 6.92 Å². The van der Waals surface area contributed by atoms with Crippen LogP contribution < -0.4 is 0 Å². The van der Waals surface area contributed by atoms with Gasteiger partial charge in [0.05, 0.1) is 5.52 Å². The van der Waals surface area contributed by atoms with Gasteiger partial charge in [0.1, 0.15) is 0 Å². The summed E-state index contributed by atoms with van der Waals surface area (Å²) < 4.78 is 0. The van der Waals surface area contributed by atoms with E-state index in [0.717, 1.165) is 6.42 Å². The van der Waals surface area contributed by atoms with Gasteiger partial charge in [0.2, 0.25) is 0 Å². The Morgan fingerprint density at radius 2 is 1.95 bits per heavy atom. The summed E-state index contributed by atoms with van der Waals surface area (Å²) in [6.45, 7) is 6.72. The van der Waals surface area contributed by atoms with Crippen LogP contribution in [0.25, 0.3) is 10.9 Å². The van der Waals surface area contributed by atoms with Gasteiger partial charge in [0.25, 0.3) is 0 Å². The molecule has 0 spiro atoms. The van der Waals surface area contributed by atoms with E-state index in [9.17, 15) is 0 Å². The Balaban J connectivity index is 2.26. The van der Waals surface area contributed by atoms with Crippen molar-refractivity contribution in [3.8, 4) is 0 Å². The van der Waals surface area contributed by atoms with Gasteiger partial charge in [-0.2, -0.15) is 0 Å². The quantitative estimate of drug-likeness (QED) is 0.406. The molecule has 1 aromatic carbocycles. The summed E-state index contributed by atoms with van der Waals surface area (Å²) in [5, 5.41) is 1.26. The first kappa shape index (κ1) is 16.7. The van der Waals surface area contributed by atoms with Gasteiger partial charge in [-0.05, 0) is 50.3 Å². The van der Waals surface area contributed by atoms with E-state index in [4.69, 9.17) is 0 Å². The standard InChI is InChI=1S/C21H29N/c1-4-6-8-11-18(10-7-5-2)16-20-15-17(3)14-19-12-9-13-22-21(19)20/h9,11-15H,4-8,10,16H2,1-3H3/b18-11+. The Labute approximate surface area is 135 Å². The Hall–Kier alpha value is -1.63. The zero-order valence-corrected chi connectivity index (χ0v) is 14.4. The lowest BCUT2D eigenvalue weighted by molar-refractivity contribution is 0.754. The van der Waals surface area contributed by atoms with Crippen LogP contribution in [-0.2, 0) is 6.42 Å². The van der Waals surface area contributed by atoms with E-state index in [0.29, 0.717) is 0 Å². The van der Waals surface area contributed by atoms with Gasteiger partial charge < -0.3 is 0 Å². The first-order valence-corrected chi connectivity index (χ1v) is 8.76. The molecular weight excluding hydrogens is 266 g/mol. The molecular formula is C21H29N. The van der Waals surface area contributed by atoms with Crippen LogP contribution in [0.5, 0.6) is 0 Å². The second-order valence-electron chi connectivity index (χ2n) is 6.28. The maximum absolute atomic E-state index is 4.62. The molecule has 22 heavy (non-hydrogen) atoms. The number of pyridine rings is 1. The number of aromatic nitrogens is 1. The molecule has 0 radical (unpaired) electrons. The van der Waals surface area contributed by atoms with E-state index < -0.39 is 0 Å². The highest BCUT2D eigenvalue weighted by molar-refractivity contribution is 5.82. The first-order valence-electron chi connectivity index (χ1n) is 8.76. The summed E-state index contributed by atoms with van der Waals surface area (Å²) >= 11 is 0. The largest absolute Gasteiger partial charge is 0.256 e. The molecule has 0 bridgehead atoms. The highest BCUT2D eigenvalue weighted by Gasteiger charge is 2.06. The summed E-state index contributed by atoms with van der Waals surface area (Å²) in [5.41, 5.74) is 5.48. The van der Waals surface area contributed by atoms with E-state index in [2.05, 4.69) is 50.0 Å². The topological polar surface area (TPSA) is 12.9 Å². The van der Waals surface area contributed by atoms with Crippen molar-refractivity contribution in [1.29, 1.82) is 0 Å². The monoisotopic (exact) mass is 295 g/mol.